The van der Waals surface area contributed by atoms with Crippen LogP contribution in [0, 0.1) is 6.92 Å². The van der Waals surface area contributed by atoms with Crippen LogP contribution in [0.5, 0.6) is 0 Å². The van der Waals surface area contributed by atoms with E-state index in [1.54, 1.807) is 23.6 Å². The monoisotopic (exact) mass is 441 g/mol. The van der Waals surface area contributed by atoms with Crippen LogP contribution in [-0.4, -0.2) is 36.2 Å². The zero-order chi connectivity index (χ0) is 19.2. The van der Waals surface area contributed by atoms with Crippen LogP contribution in [0.2, 0.25) is 5.02 Å². The number of aromatic nitrogens is 1. The highest BCUT2D eigenvalue weighted by molar-refractivity contribution is 7.91. The maximum absolute atomic E-state index is 12.8. The van der Waals surface area contributed by atoms with E-state index in [1.807, 2.05) is 13.0 Å². The fourth-order valence-corrected chi connectivity index (χ4v) is 7.31. The smallest absolute Gasteiger partial charge is 0.253 e. The van der Waals surface area contributed by atoms with Gasteiger partial charge in [-0.25, -0.2) is 13.4 Å². The third kappa shape index (κ3) is 3.50. The fraction of sp³-hybridized carbons (Fsp3) is 0.294. The summed E-state index contributed by atoms with van der Waals surface area (Å²) in [5.74, 6) is -0.351. The van der Waals surface area contributed by atoms with E-state index in [-0.39, 0.29) is 10.1 Å². The first-order valence-electron chi connectivity index (χ1n) is 8.29. The summed E-state index contributed by atoms with van der Waals surface area (Å²) in [5.41, 5.74) is 1.71. The number of aryl methyl sites for hydroxylation is 1. The minimum Gasteiger partial charge on any atom is -0.301 e. The van der Waals surface area contributed by atoms with Crippen molar-refractivity contribution in [2.45, 2.75) is 30.0 Å². The number of thiophene rings is 1. The predicted molar refractivity (Wildman–Crippen MR) is 109 cm³/mol. The lowest BCUT2D eigenvalue weighted by Crippen LogP contribution is -2.42. The van der Waals surface area contributed by atoms with Crippen molar-refractivity contribution >= 4 is 65.6 Å². The number of hydrogen-bond donors (Lipinski definition) is 1. The molecular formula is C17H16ClN3O3S3. The molecule has 0 aliphatic carbocycles. The second kappa shape index (κ2) is 7.14. The van der Waals surface area contributed by atoms with Crippen molar-refractivity contribution in [3.63, 3.8) is 0 Å². The summed E-state index contributed by atoms with van der Waals surface area (Å²) in [6, 6.07) is 6.15. The molecule has 0 spiro atoms. The first kappa shape index (κ1) is 18.8. The van der Waals surface area contributed by atoms with Crippen LogP contribution in [0.15, 0.2) is 33.9 Å². The van der Waals surface area contributed by atoms with E-state index in [0.717, 1.165) is 27.1 Å². The fourth-order valence-electron chi connectivity index (χ4n) is 3.21. The van der Waals surface area contributed by atoms with Crippen LogP contribution in [0.3, 0.4) is 0 Å². The molecule has 3 aromatic rings. The number of carbonyl (C=O) groups excluding carboxylic acids is 1. The topological polar surface area (TPSA) is 79.4 Å². The molecule has 0 bridgehead atoms. The molecule has 142 valence electrons. The highest BCUT2D eigenvalue weighted by Gasteiger charge is 2.40. The van der Waals surface area contributed by atoms with Crippen molar-refractivity contribution in [2.75, 3.05) is 11.9 Å². The highest BCUT2D eigenvalue weighted by Crippen LogP contribution is 2.33. The minimum absolute atomic E-state index is 0.257. The van der Waals surface area contributed by atoms with Gasteiger partial charge in [-0.05, 0) is 48.9 Å². The van der Waals surface area contributed by atoms with Crippen molar-refractivity contribution < 1.29 is 13.2 Å². The molecule has 6 nitrogen and oxygen atoms in total. The molecule has 1 atom stereocenters. The van der Waals surface area contributed by atoms with Crippen LogP contribution in [-0.2, 0) is 14.8 Å². The summed E-state index contributed by atoms with van der Waals surface area (Å²) in [4.78, 5) is 17.3. The van der Waals surface area contributed by atoms with Crippen LogP contribution < -0.4 is 5.32 Å². The van der Waals surface area contributed by atoms with Gasteiger partial charge in [-0.1, -0.05) is 29.0 Å². The molecule has 4 rings (SSSR count). The number of amides is 1. The summed E-state index contributed by atoms with van der Waals surface area (Å²) in [6.45, 7) is 2.25. The molecule has 1 N–H and O–H groups in total. The zero-order valence-corrected chi connectivity index (χ0v) is 17.5. The third-order valence-corrected chi connectivity index (χ3v) is 8.86. The molecule has 1 fully saturated rings. The van der Waals surface area contributed by atoms with Crippen LogP contribution in [0.25, 0.3) is 10.2 Å². The molecular weight excluding hydrogens is 426 g/mol. The Kier molecular flexibility index (Phi) is 4.98. The maximum Gasteiger partial charge on any atom is 0.253 e. The highest BCUT2D eigenvalue weighted by atomic mass is 35.5. The Labute approximate surface area is 169 Å². The molecule has 1 aromatic carbocycles. The summed E-state index contributed by atoms with van der Waals surface area (Å²) >= 11 is 8.56. The molecule has 1 aliphatic heterocycles. The van der Waals surface area contributed by atoms with Gasteiger partial charge in [-0.15, -0.1) is 11.3 Å². The average molecular weight is 442 g/mol. The van der Waals surface area contributed by atoms with Crippen LogP contribution in [0.1, 0.15) is 18.4 Å². The number of halogens is 1. The summed E-state index contributed by atoms with van der Waals surface area (Å²) in [6.07, 6.45) is 1.14. The first-order chi connectivity index (χ1) is 12.9. The Hall–Kier alpha value is -1.52. The van der Waals surface area contributed by atoms with Gasteiger partial charge in [-0.2, -0.15) is 4.31 Å². The van der Waals surface area contributed by atoms with E-state index in [4.69, 9.17) is 11.6 Å². The first-order valence-corrected chi connectivity index (χ1v) is 11.8. The molecule has 1 aliphatic rings. The Balaban J connectivity index is 1.58. The van der Waals surface area contributed by atoms with Gasteiger partial charge in [0.1, 0.15) is 10.3 Å². The minimum atomic E-state index is -3.66. The molecule has 10 heteroatoms. The number of sulfonamides is 1. The van der Waals surface area contributed by atoms with Gasteiger partial charge in [0.25, 0.3) is 10.0 Å². The number of nitrogens with one attached hydrogen (secondary N) is 1. The summed E-state index contributed by atoms with van der Waals surface area (Å²) < 4.78 is 28.1. The van der Waals surface area contributed by atoms with Gasteiger partial charge in [0.05, 0.1) is 10.2 Å². The predicted octanol–water partition coefficient (Wildman–Crippen LogP) is 4.11. The van der Waals surface area contributed by atoms with Crippen molar-refractivity contribution in [1.29, 1.82) is 0 Å². The Morgan fingerprint density at radius 1 is 1.41 bits per heavy atom. The lowest BCUT2D eigenvalue weighted by molar-refractivity contribution is -0.119. The van der Waals surface area contributed by atoms with Gasteiger partial charge in [0, 0.05) is 11.6 Å². The molecule has 0 saturated carbocycles. The second-order valence-electron chi connectivity index (χ2n) is 6.28. The van der Waals surface area contributed by atoms with Crippen LogP contribution >= 0.6 is 34.3 Å². The van der Waals surface area contributed by atoms with Gasteiger partial charge in [0.15, 0.2) is 5.13 Å². The van der Waals surface area contributed by atoms with E-state index in [9.17, 15) is 13.2 Å². The van der Waals surface area contributed by atoms with E-state index in [2.05, 4.69) is 10.3 Å². The van der Waals surface area contributed by atoms with E-state index in [0.29, 0.717) is 29.5 Å². The van der Waals surface area contributed by atoms with Gasteiger partial charge in [0.2, 0.25) is 5.91 Å². The van der Waals surface area contributed by atoms with Gasteiger partial charge < -0.3 is 5.32 Å². The molecule has 3 heterocycles. The number of anilines is 1. The lowest BCUT2D eigenvalue weighted by Gasteiger charge is -2.22. The van der Waals surface area contributed by atoms with E-state index in [1.165, 1.54) is 15.6 Å². The third-order valence-electron chi connectivity index (χ3n) is 4.44. The Morgan fingerprint density at radius 3 is 2.96 bits per heavy atom. The van der Waals surface area contributed by atoms with Crippen LogP contribution in [0.4, 0.5) is 5.13 Å². The Bertz CT molecular complexity index is 1110. The SMILES string of the molecule is Cc1cc(Cl)cc2sc(NC(=O)C3CCCN3S(=O)(=O)c3cccs3)nc12. The quantitative estimate of drug-likeness (QED) is 0.660. The van der Waals surface area contributed by atoms with Crippen molar-refractivity contribution in [2.24, 2.45) is 0 Å². The van der Waals surface area contributed by atoms with Gasteiger partial charge >= 0.3 is 0 Å². The molecule has 0 radical (unpaired) electrons. The molecule has 1 unspecified atom stereocenters. The summed E-state index contributed by atoms with van der Waals surface area (Å²) in [7, 11) is -3.66. The molecule has 2 aromatic heterocycles. The number of carbonyl (C=O) groups is 1. The zero-order valence-electron chi connectivity index (χ0n) is 14.3. The van der Waals surface area contributed by atoms with Crippen molar-refractivity contribution in [1.82, 2.24) is 9.29 Å². The summed E-state index contributed by atoms with van der Waals surface area (Å²) in [5, 5.41) is 5.57. The largest absolute Gasteiger partial charge is 0.301 e. The maximum atomic E-state index is 12.8. The Morgan fingerprint density at radius 2 is 2.22 bits per heavy atom. The number of fused-ring (bicyclic) bond motifs is 1. The van der Waals surface area contributed by atoms with Crippen molar-refractivity contribution in [3.8, 4) is 0 Å². The van der Waals surface area contributed by atoms with E-state index >= 15 is 0 Å². The van der Waals surface area contributed by atoms with Crippen molar-refractivity contribution in [3.05, 3.63) is 40.2 Å². The second-order valence-corrected chi connectivity index (χ2v) is 10.8. The normalized spacial score (nSPS) is 18.2. The lowest BCUT2D eigenvalue weighted by atomic mass is 10.2. The molecule has 1 saturated heterocycles. The average Bonchev–Trinajstić information content (AvgIpc) is 3.35. The van der Waals surface area contributed by atoms with Gasteiger partial charge in [-0.3, -0.25) is 4.79 Å². The number of benzene rings is 1. The number of hydrogen-bond acceptors (Lipinski definition) is 6. The molecule has 27 heavy (non-hydrogen) atoms. The number of thiazole rings is 1. The van der Waals surface area contributed by atoms with E-state index < -0.39 is 16.1 Å². The number of rotatable bonds is 4. The molecule has 1 amide bonds. The standard InChI is InChI=1S/C17H16ClN3O3S3/c1-10-8-11(18)9-13-15(10)19-17(26-13)20-16(22)12-4-2-6-21(12)27(23,24)14-5-3-7-25-14/h3,5,7-9,12H,2,4,6H2,1H3,(H,19,20,22). The number of nitrogens with zero attached hydrogens (tertiary/aromatic N) is 2.